The molecule has 0 aliphatic heterocycles. The maximum absolute atomic E-state index is 13.4. The maximum Gasteiger partial charge on any atom is 0.339 e. The summed E-state index contributed by atoms with van der Waals surface area (Å²) in [7, 11) is 0. The van der Waals surface area contributed by atoms with E-state index in [9.17, 15) is 34.2 Å². The lowest BCUT2D eigenvalue weighted by Crippen LogP contribution is -2.56. The first kappa shape index (κ1) is 33.8. The molecule has 6 aromatic rings. The Morgan fingerprint density at radius 1 is 0.620 bits per heavy atom. The van der Waals surface area contributed by atoms with Crippen molar-refractivity contribution in [3.05, 3.63) is 152 Å². The van der Waals surface area contributed by atoms with Gasteiger partial charge in [-0.25, -0.2) is 37.7 Å². The van der Waals surface area contributed by atoms with Crippen LogP contribution in [0.1, 0.15) is 20.7 Å². The lowest BCUT2D eigenvalue weighted by atomic mass is 9.97. The van der Waals surface area contributed by atoms with Crippen molar-refractivity contribution < 1.29 is 29.3 Å². The van der Waals surface area contributed by atoms with Crippen molar-refractivity contribution in [3.63, 3.8) is 0 Å². The zero-order valence-electron chi connectivity index (χ0n) is 26.8. The number of aliphatic hydroxyl groups excluding tert-OH is 2. The number of esters is 2. The molecule has 0 fully saturated rings. The van der Waals surface area contributed by atoms with E-state index in [1.165, 1.54) is 6.08 Å². The third kappa shape index (κ3) is 6.88. The summed E-state index contributed by atoms with van der Waals surface area (Å²) in [5, 5.41) is 26.2. The summed E-state index contributed by atoms with van der Waals surface area (Å²) in [4.78, 5) is 65.9. The second kappa shape index (κ2) is 14.6. The Kier molecular flexibility index (Phi) is 9.84. The molecule has 12 heteroatoms. The highest BCUT2D eigenvalue weighted by Gasteiger charge is 2.22. The van der Waals surface area contributed by atoms with Crippen molar-refractivity contribution in [1.29, 1.82) is 0 Å². The highest BCUT2D eigenvalue weighted by molar-refractivity contribution is 6.16. The number of benzene rings is 5. The van der Waals surface area contributed by atoms with E-state index in [4.69, 9.17) is 9.47 Å². The molecule has 1 aromatic heterocycles. The van der Waals surface area contributed by atoms with Crippen LogP contribution in [0.4, 0.5) is 0 Å². The number of allylic oxidation sites excluding steroid dienone is 1. The summed E-state index contributed by atoms with van der Waals surface area (Å²) < 4.78 is 12.7. The van der Waals surface area contributed by atoms with Gasteiger partial charge >= 0.3 is 29.0 Å². The Labute approximate surface area is 284 Å². The Balaban J connectivity index is 1.18. The lowest BCUT2D eigenvalue weighted by molar-refractivity contribution is 0.0191. The maximum atomic E-state index is 13.4. The zero-order valence-corrected chi connectivity index (χ0v) is 26.8. The van der Waals surface area contributed by atoms with Crippen molar-refractivity contribution in [2.45, 2.75) is 31.8 Å². The highest BCUT2D eigenvalue weighted by atomic mass is 16.5. The fourth-order valence-electron chi connectivity index (χ4n) is 5.86. The molecule has 0 saturated carbocycles. The van der Waals surface area contributed by atoms with Crippen LogP contribution >= 0.6 is 0 Å². The molecule has 2 atom stereocenters. The fourth-order valence-corrected chi connectivity index (χ4v) is 5.86. The topological polar surface area (TPSA) is 159 Å². The number of nitrogens with zero attached hydrogens (tertiary/aromatic N) is 3. The Hall–Kier alpha value is -6.11. The summed E-state index contributed by atoms with van der Waals surface area (Å²) in [6, 6.07) is 29.0. The largest absolute Gasteiger partial charge is 0.459 e. The summed E-state index contributed by atoms with van der Waals surface area (Å²) in [5.74, 6) is -1.43. The molecule has 0 spiro atoms. The van der Waals surface area contributed by atoms with Gasteiger partial charge in [0.2, 0.25) is 0 Å². The average molecular weight is 676 g/mol. The zero-order chi connectivity index (χ0) is 35.4. The SMILES string of the molecule is C=CCn1c(=O)n(CC(O)COC(=O)c2ccc3ccccc3c2)c(=O)n(CC(O)COC(=O)c2c3ccccc3cc3ccccc23)c1=O. The Morgan fingerprint density at radius 2 is 1.10 bits per heavy atom. The molecule has 2 N–H and O–H groups in total. The van der Waals surface area contributed by atoms with Crippen LogP contribution in [0.25, 0.3) is 32.3 Å². The van der Waals surface area contributed by atoms with Gasteiger partial charge in [0.15, 0.2) is 0 Å². The van der Waals surface area contributed by atoms with Crippen LogP contribution in [-0.2, 0) is 29.1 Å². The average Bonchev–Trinajstić information content (AvgIpc) is 3.13. The first-order valence-corrected chi connectivity index (χ1v) is 15.8. The van der Waals surface area contributed by atoms with Gasteiger partial charge in [0.1, 0.15) is 25.4 Å². The van der Waals surface area contributed by atoms with E-state index in [1.54, 1.807) is 42.5 Å². The minimum atomic E-state index is -1.53. The Bertz CT molecular complexity index is 2390. The third-order valence-corrected chi connectivity index (χ3v) is 8.26. The minimum absolute atomic E-state index is 0.248. The predicted molar refractivity (Wildman–Crippen MR) is 187 cm³/mol. The third-order valence-electron chi connectivity index (χ3n) is 8.26. The Morgan fingerprint density at radius 3 is 1.66 bits per heavy atom. The quantitative estimate of drug-likeness (QED) is 0.113. The molecule has 6 rings (SSSR count). The smallest absolute Gasteiger partial charge is 0.339 e. The molecule has 0 amide bonds. The first-order valence-electron chi connectivity index (χ1n) is 15.8. The summed E-state index contributed by atoms with van der Waals surface area (Å²) in [6.07, 6.45) is -1.76. The van der Waals surface area contributed by atoms with Gasteiger partial charge in [0.05, 0.1) is 30.8 Å². The van der Waals surface area contributed by atoms with E-state index in [0.717, 1.165) is 21.5 Å². The normalized spacial score (nSPS) is 12.5. The van der Waals surface area contributed by atoms with E-state index in [2.05, 4.69) is 6.58 Å². The van der Waals surface area contributed by atoms with E-state index < -0.39 is 67.5 Å². The molecule has 5 aromatic carbocycles. The summed E-state index contributed by atoms with van der Waals surface area (Å²) in [5.41, 5.74) is -2.62. The van der Waals surface area contributed by atoms with E-state index in [1.807, 2.05) is 54.6 Å². The van der Waals surface area contributed by atoms with Crippen molar-refractivity contribution in [2.24, 2.45) is 0 Å². The molecular formula is C38H33N3O9. The minimum Gasteiger partial charge on any atom is -0.459 e. The number of carbonyl (C=O) groups excluding carboxylic acids is 2. The van der Waals surface area contributed by atoms with Gasteiger partial charge in [0.25, 0.3) is 0 Å². The van der Waals surface area contributed by atoms with Crippen LogP contribution < -0.4 is 17.1 Å². The van der Waals surface area contributed by atoms with Crippen molar-refractivity contribution in [3.8, 4) is 0 Å². The number of hydrogen-bond acceptors (Lipinski definition) is 9. The monoisotopic (exact) mass is 675 g/mol. The highest BCUT2D eigenvalue weighted by Crippen LogP contribution is 2.29. The van der Waals surface area contributed by atoms with Crippen molar-refractivity contribution >= 4 is 44.3 Å². The van der Waals surface area contributed by atoms with Crippen LogP contribution in [-0.4, -0.2) is 61.3 Å². The molecule has 0 bridgehead atoms. The van der Waals surface area contributed by atoms with E-state index in [-0.39, 0.29) is 12.1 Å². The lowest BCUT2D eigenvalue weighted by Gasteiger charge is -2.18. The van der Waals surface area contributed by atoms with Crippen LogP contribution in [0.5, 0.6) is 0 Å². The molecule has 0 radical (unpaired) electrons. The molecule has 0 aliphatic carbocycles. The second-order valence-corrected chi connectivity index (χ2v) is 11.7. The number of aliphatic hydroxyl groups is 2. The second-order valence-electron chi connectivity index (χ2n) is 11.7. The van der Waals surface area contributed by atoms with Gasteiger partial charge in [-0.15, -0.1) is 6.58 Å². The fraction of sp³-hybridized carbons (Fsp3) is 0.184. The van der Waals surface area contributed by atoms with Crippen molar-refractivity contribution in [2.75, 3.05) is 13.2 Å². The van der Waals surface area contributed by atoms with Gasteiger partial charge in [-0.2, -0.15) is 0 Å². The molecule has 0 aliphatic rings. The number of aromatic nitrogens is 3. The van der Waals surface area contributed by atoms with E-state index >= 15 is 0 Å². The van der Waals surface area contributed by atoms with Crippen LogP contribution in [0, 0.1) is 0 Å². The molecule has 254 valence electrons. The van der Waals surface area contributed by atoms with Gasteiger partial charge in [0, 0.05) is 0 Å². The van der Waals surface area contributed by atoms with Gasteiger partial charge < -0.3 is 19.7 Å². The van der Waals surface area contributed by atoms with Crippen LogP contribution in [0.15, 0.2) is 124 Å². The van der Waals surface area contributed by atoms with Gasteiger partial charge in [-0.1, -0.05) is 84.9 Å². The summed E-state index contributed by atoms with van der Waals surface area (Å²) >= 11 is 0. The van der Waals surface area contributed by atoms with E-state index in [0.29, 0.717) is 30.0 Å². The molecule has 0 saturated heterocycles. The summed E-state index contributed by atoms with van der Waals surface area (Å²) in [6.45, 7) is 0.888. The number of fused-ring (bicyclic) bond motifs is 3. The van der Waals surface area contributed by atoms with Gasteiger partial charge in [-0.3, -0.25) is 0 Å². The number of hydrogen-bond donors (Lipinski definition) is 2. The van der Waals surface area contributed by atoms with Crippen LogP contribution in [0.3, 0.4) is 0 Å². The molecule has 50 heavy (non-hydrogen) atoms. The predicted octanol–water partition coefficient (Wildman–Crippen LogP) is 3.25. The molecule has 12 nitrogen and oxygen atoms in total. The standard InChI is InChI=1S/C38H33N3O9/c1-2-17-39-36(46)40(20-29(42)22-49-34(44)28-16-15-24-9-3-4-10-25(24)18-28)38(48)41(37(39)47)21-30(43)23-50-35(45)33-31-13-7-5-11-26(31)19-27-12-6-8-14-32(27)33/h2-16,18-19,29-30,42-43H,1,17,20-23H2. The first-order chi connectivity index (χ1) is 24.2. The number of carbonyl (C=O) groups is 2. The number of rotatable bonds is 12. The molecule has 2 unspecified atom stereocenters. The van der Waals surface area contributed by atoms with Crippen LogP contribution in [0.2, 0.25) is 0 Å². The molecular weight excluding hydrogens is 642 g/mol. The van der Waals surface area contributed by atoms with Gasteiger partial charge in [-0.05, 0) is 50.5 Å². The number of ether oxygens (including phenoxy) is 2. The van der Waals surface area contributed by atoms with Crippen molar-refractivity contribution in [1.82, 2.24) is 13.7 Å². The molecule has 1 heterocycles.